The zero-order chi connectivity index (χ0) is 8.65. The summed E-state index contributed by atoms with van der Waals surface area (Å²) in [5.41, 5.74) is 0. The first-order valence-electron chi connectivity index (χ1n) is 4.92. The molecule has 1 rings (SSSR count). The maximum atomic E-state index is 8.30. The van der Waals surface area contributed by atoms with Crippen LogP contribution >= 0.6 is 0 Å². The molecule has 0 radical (unpaired) electrons. The fourth-order valence-electron chi connectivity index (χ4n) is 1.63. The van der Waals surface area contributed by atoms with E-state index in [2.05, 4.69) is 6.07 Å². The summed E-state index contributed by atoms with van der Waals surface area (Å²) in [5, 5.41) is 8.30. The number of unbranched alkanes of at least 4 members (excludes halogenated alkanes) is 1. The molecule has 0 unspecified atom stereocenters. The topological polar surface area (TPSA) is 33.0 Å². The van der Waals surface area contributed by atoms with Crippen molar-refractivity contribution in [2.75, 3.05) is 6.61 Å². The first-order valence-corrected chi connectivity index (χ1v) is 4.92. The average molecular weight is 167 g/mol. The van der Waals surface area contributed by atoms with E-state index in [0.717, 1.165) is 13.0 Å². The second-order valence-corrected chi connectivity index (χ2v) is 3.39. The Bertz CT molecular complexity index is 144. The van der Waals surface area contributed by atoms with Gasteiger partial charge in [-0.15, -0.1) is 0 Å². The van der Waals surface area contributed by atoms with E-state index in [1.807, 2.05) is 0 Å². The fraction of sp³-hybridized carbons (Fsp3) is 0.900. The Morgan fingerprint density at radius 2 is 2.00 bits per heavy atom. The molecule has 0 aromatic rings. The summed E-state index contributed by atoms with van der Waals surface area (Å²) in [6, 6.07) is 2.13. The molecule has 0 spiro atoms. The Morgan fingerprint density at radius 3 is 2.67 bits per heavy atom. The zero-order valence-electron chi connectivity index (χ0n) is 7.59. The molecule has 68 valence electrons. The summed E-state index contributed by atoms with van der Waals surface area (Å²) < 4.78 is 5.63. The van der Waals surface area contributed by atoms with Crippen molar-refractivity contribution in [1.29, 1.82) is 5.26 Å². The normalized spacial score (nSPS) is 18.9. The average Bonchev–Trinajstić information content (AvgIpc) is 2.14. The molecule has 0 atom stereocenters. The van der Waals surface area contributed by atoms with Crippen molar-refractivity contribution in [1.82, 2.24) is 0 Å². The Balaban J connectivity index is 1.95. The summed E-state index contributed by atoms with van der Waals surface area (Å²) in [6.45, 7) is 0.776. The van der Waals surface area contributed by atoms with Crippen LogP contribution in [-0.2, 0) is 4.74 Å². The molecule has 0 bridgehead atoms. The molecule has 1 aliphatic rings. The molecular weight excluding hydrogens is 150 g/mol. The van der Waals surface area contributed by atoms with Crippen LogP contribution in [0.15, 0.2) is 0 Å². The molecule has 1 fully saturated rings. The molecule has 2 heteroatoms. The Labute approximate surface area is 74.5 Å². The lowest BCUT2D eigenvalue weighted by atomic mass is 9.98. The molecule has 0 heterocycles. The largest absolute Gasteiger partial charge is 0.378 e. The van der Waals surface area contributed by atoms with Crippen molar-refractivity contribution in [3.8, 4) is 6.07 Å². The summed E-state index contributed by atoms with van der Waals surface area (Å²) >= 11 is 0. The number of nitriles is 1. The fourth-order valence-corrected chi connectivity index (χ4v) is 1.63. The Morgan fingerprint density at radius 1 is 1.25 bits per heavy atom. The molecule has 0 aromatic heterocycles. The van der Waals surface area contributed by atoms with Gasteiger partial charge in [0.05, 0.1) is 12.2 Å². The minimum absolute atomic E-state index is 0.498. The smallest absolute Gasteiger partial charge is 0.0622 e. The third kappa shape index (κ3) is 3.73. The van der Waals surface area contributed by atoms with Gasteiger partial charge in [0.1, 0.15) is 0 Å². The number of rotatable bonds is 4. The zero-order valence-corrected chi connectivity index (χ0v) is 7.59. The minimum atomic E-state index is 0.498. The van der Waals surface area contributed by atoms with Gasteiger partial charge in [-0.2, -0.15) is 5.26 Å². The predicted octanol–water partition coefficient (Wildman–Crippen LogP) is 2.64. The van der Waals surface area contributed by atoms with Crippen molar-refractivity contribution >= 4 is 0 Å². The molecule has 2 nitrogen and oxygen atoms in total. The number of nitrogens with zero attached hydrogens (tertiary/aromatic N) is 1. The Hall–Kier alpha value is -0.550. The van der Waals surface area contributed by atoms with Gasteiger partial charge in [-0.1, -0.05) is 19.3 Å². The van der Waals surface area contributed by atoms with E-state index in [-0.39, 0.29) is 0 Å². The van der Waals surface area contributed by atoms with Crippen molar-refractivity contribution in [2.24, 2.45) is 0 Å². The van der Waals surface area contributed by atoms with Crippen LogP contribution in [0.2, 0.25) is 0 Å². The van der Waals surface area contributed by atoms with Crippen LogP contribution in [0.4, 0.5) is 0 Å². The quantitative estimate of drug-likeness (QED) is 0.603. The van der Waals surface area contributed by atoms with Crippen molar-refractivity contribution in [3.05, 3.63) is 0 Å². The summed E-state index contributed by atoms with van der Waals surface area (Å²) in [4.78, 5) is 0. The van der Waals surface area contributed by atoms with Crippen LogP contribution in [0.1, 0.15) is 44.9 Å². The second-order valence-electron chi connectivity index (χ2n) is 3.39. The molecule has 1 saturated carbocycles. The summed E-state index contributed by atoms with van der Waals surface area (Å²) in [5.74, 6) is 0. The Kier molecular flexibility index (Phi) is 4.79. The lowest BCUT2D eigenvalue weighted by Crippen LogP contribution is -2.16. The lowest BCUT2D eigenvalue weighted by molar-refractivity contribution is 0.0277. The maximum Gasteiger partial charge on any atom is 0.0622 e. The second kappa shape index (κ2) is 6.02. The molecule has 0 saturated heterocycles. The molecule has 0 aromatic carbocycles. The van der Waals surface area contributed by atoms with E-state index in [0.29, 0.717) is 12.5 Å². The van der Waals surface area contributed by atoms with Crippen molar-refractivity contribution in [2.45, 2.75) is 51.0 Å². The van der Waals surface area contributed by atoms with Crippen LogP contribution < -0.4 is 0 Å². The van der Waals surface area contributed by atoms with Crippen LogP contribution in [0.3, 0.4) is 0 Å². The van der Waals surface area contributed by atoms with Crippen LogP contribution in [0.5, 0.6) is 0 Å². The predicted molar refractivity (Wildman–Crippen MR) is 47.7 cm³/mol. The van der Waals surface area contributed by atoms with Crippen LogP contribution in [-0.4, -0.2) is 12.7 Å². The third-order valence-corrected chi connectivity index (χ3v) is 2.34. The lowest BCUT2D eigenvalue weighted by Gasteiger charge is -2.21. The summed E-state index contributed by atoms with van der Waals surface area (Å²) in [7, 11) is 0. The van der Waals surface area contributed by atoms with Crippen molar-refractivity contribution in [3.63, 3.8) is 0 Å². The van der Waals surface area contributed by atoms with Gasteiger partial charge in [0.25, 0.3) is 0 Å². The molecule has 0 amide bonds. The van der Waals surface area contributed by atoms with Crippen LogP contribution in [0, 0.1) is 11.3 Å². The van der Waals surface area contributed by atoms with E-state index >= 15 is 0 Å². The van der Waals surface area contributed by atoms with E-state index < -0.39 is 0 Å². The third-order valence-electron chi connectivity index (χ3n) is 2.34. The van der Waals surface area contributed by atoms with Gasteiger partial charge in [0.15, 0.2) is 0 Å². The molecule has 0 N–H and O–H groups in total. The molecule has 1 aliphatic carbocycles. The van der Waals surface area contributed by atoms with Crippen LogP contribution in [0.25, 0.3) is 0 Å². The molecular formula is C10H17NO. The first-order chi connectivity index (χ1) is 5.93. The number of hydrogen-bond acceptors (Lipinski definition) is 2. The highest BCUT2D eigenvalue weighted by atomic mass is 16.5. The summed E-state index contributed by atoms with van der Waals surface area (Å²) in [6.07, 6.45) is 8.50. The van der Waals surface area contributed by atoms with Gasteiger partial charge in [-0.05, 0) is 19.3 Å². The SMILES string of the molecule is N#CCCCOC1CCCCC1. The highest BCUT2D eigenvalue weighted by Crippen LogP contribution is 2.20. The van der Waals surface area contributed by atoms with Gasteiger partial charge in [0, 0.05) is 13.0 Å². The van der Waals surface area contributed by atoms with Gasteiger partial charge >= 0.3 is 0 Å². The van der Waals surface area contributed by atoms with E-state index in [1.54, 1.807) is 0 Å². The first kappa shape index (κ1) is 9.54. The van der Waals surface area contributed by atoms with E-state index in [4.69, 9.17) is 10.00 Å². The monoisotopic (exact) mass is 167 g/mol. The van der Waals surface area contributed by atoms with Gasteiger partial charge < -0.3 is 4.74 Å². The van der Waals surface area contributed by atoms with E-state index in [1.165, 1.54) is 32.1 Å². The maximum absolute atomic E-state index is 8.30. The number of ether oxygens (including phenoxy) is 1. The van der Waals surface area contributed by atoms with E-state index in [9.17, 15) is 0 Å². The van der Waals surface area contributed by atoms with Crippen molar-refractivity contribution < 1.29 is 4.74 Å². The highest BCUT2D eigenvalue weighted by Gasteiger charge is 2.12. The van der Waals surface area contributed by atoms with Gasteiger partial charge in [-0.25, -0.2) is 0 Å². The highest BCUT2D eigenvalue weighted by molar-refractivity contribution is 4.69. The minimum Gasteiger partial charge on any atom is -0.378 e. The number of hydrogen-bond donors (Lipinski definition) is 0. The standard InChI is InChI=1S/C10H17NO/c11-8-4-5-9-12-10-6-2-1-3-7-10/h10H,1-7,9H2. The van der Waals surface area contributed by atoms with Gasteiger partial charge in [-0.3, -0.25) is 0 Å². The van der Waals surface area contributed by atoms with Gasteiger partial charge in [0.2, 0.25) is 0 Å². The molecule has 0 aliphatic heterocycles. The molecule has 12 heavy (non-hydrogen) atoms.